The predicted octanol–water partition coefficient (Wildman–Crippen LogP) is 1.69. The third-order valence-corrected chi connectivity index (χ3v) is 1.52. The van der Waals surface area contributed by atoms with Gasteiger partial charge in [-0.05, 0) is 6.92 Å². The molecule has 3 nitrogen and oxygen atoms in total. The molecule has 1 rings (SSSR count). The Kier molecular flexibility index (Phi) is 2.65. The van der Waals surface area contributed by atoms with Crippen molar-refractivity contribution in [3.8, 4) is 0 Å². The summed E-state index contributed by atoms with van der Waals surface area (Å²) in [6.45, 7) is 4.46. The van der Waals surface area contributed by atoms with Crippen LogP contribution in [0.4, 0.5) is 0 Å². The molecule has 1 aromatic rings. The molecule has 0 N–H and O–H groups in total. The highest BCUT2D eigenvalue weighted by Crippen LogP contribution is 2.10. The maximum absolute atomic E-state index is 5.33. The van der Waals surface area contributed by atoms with E-state index in [9.17, 15) is 0 Å². The lowest BCUT2D eigenvalue weighted by molar-refractivity contribution is 0.180. The minimum absolute atomic E-state index is 0.537. The zero-order valence-corrected chi connectivity index (χ0v) is 7.18. The smallest absolute Gasteiger partial charge is 0.194 e. The van der Waals surface area contributed by atoms with Crippen LogP contribution in [0.5, 0.6) is 0 Å². The van der Waals surface area contributed by atoms with Gasteiger partial charge in [-0.1, -0.05) is 6.92 Å². The second-order valence-corrected chi connectivity index (χ2v) is 2.40. The third-order valence-electron chi connectivity index (χ3n) is 1.52. The van der Waals surface area contributed by atoms with Crippen LogP contribution in [0.3, 0.4) is 0 Å². The van der Waals surface area contributed by atoms with E-state index in [0.717, 1.165) is 23.8 Å². The van der Waals surface area contributed by atoms with Crippen LogP contribution < -0.4 is 0 Å². The molecular formula is C8H13NO2. The lowest BCUT2D eigenvalue weighted by Gasteiger charge is -1.91. The molecule has 0 aliphatic rings. The van der Waals surface area contributed by atoms with Gasteiger partial charge in [0.2, 0.25) is 0 Å². The molecule has 1 aromatic heterocycles. The van der Waals surface area contributed by atoms with E-state index in [4.69, 9.17) is 9.15 Å². The van der Waals surface area contributed by atoms with E-state index in [0.29, 0.717) is 6.61 Å². The van der Waals surface area contributed by atoms with Crippen LogP contribution in [0.2, 0.25) is 0 Å². The minimum Gasteiger partial charge on any atom is -0.446 e. The van der Waals surface area contributed by atoms with Crippen LogP contribution >= 0.6 is 0 Å². The van der Waals surface area contributed by atoms with Crippen molar-refractivity contribution >= 4 is 0 Å². The highest BCUT2D eigenvalue weighted by Gasteiger charge is 2.06. The summed E-state index contributed by atoms with van der Waals surface area (Å²) in [5.74, 6) is 1.65. The SMILES string of the molecule is CCc1nc(COC)c(C)o1. The average Bonchev–Trinajstić information content (AvgIpc) is 2.33. The van der Waals surface area contributed by atoms with E-state index in [2.05, 4.69) is 4.98 Å². The number of aryl methyl sites for hydroxylation is 2. The Labute approximate surface area is 66.4 Å². The topological polar surface area (TPSA) is 35.3 Å². The number of ether oxygens (including phenoxy) is 1. The number of methoxy groups -OCH3 is 1. The molecule has 0 fully saturated rings. The Morgan fingerprint density at radius 2 is 2.27 bits per heavy atom. The Morgan fingerprint density at radius 1 is 1.55 bits per heavy atom. The molecule has 0 aliphatic carbocycles. The predicted molar refractivity (Wildman–Crippen MR) is 41.3 cm³/mol. The Morgan fingerprint density at radius 3 is 2.73 bits per heavy atom. The molecular weight excluding hydrogens is 142 g/mol. The first-order chi connectivity index (χ1) is 5.27. The zero-order valence-electron chi connectivity index (χ0n) is 7.18. The summed E-state index contributed by atoms with van der Waals surface area (Å²) >= 11 is 0. The molecule has 0 unspecified atom stereocenters. The first-order valence-corrected chi connectivity index (χ1v) is 3.72. The van der Waals surface area contributed by atoms with Crippen LogP contribution in [0.25, 0.3) is 0 Å². The molecule has 0 aliphatic heterocycles. The lowest BCUT2D eigenvalue weighted by atomic mass is 10.4. The summed E-state index contributed by atoms with van der Waals surface area (Å²) in [5, 5.41) is 0. The van der Waals surface area contributed by atoms with Gasteiger partial charge < -0.3 is 9.15 Å². The highest BCUT2D eigenvalue weighted by molar-refractivity contribution is 5.06. The minimum atomic E-state index is 0.537. The molecule has 3 heteroatoms. The van der Waals surface area contributed by atoms with Crippen LogP contribution in [0.15, 0.2) is 4.42 Å². The van der Waals surface area contributed by atoms with Crippen LogP contribution in [0, 0.1) is 6.92 Å². The van der Waals surface area contributed by atoms with Gasteiger partial charge in [0.05, 0.1) is 6.61 Å². The van der Waals surface area contributed by atoms with Crippen molar-refractivity contribution < 1.29 is 9.15 Å². The van der Waals surface area contributed by atoms with E-state index in [1.54, 1.807) is 7.11 Å². The summed E-state index contributed by atoms with van der Waals surface area (Å²) in [7, 11) is 1.65. The Bertz CT molecular complexity index is 230. The molecule has 0 saturated heterocycles. The van der Waals surface area contributed by atoms with Gasteiger partial charge in [-0.25, -0.2) is 4.98 Å². The Balaban J connectivity index is 2.79. The largest absolute Gasteiger partial charge is 0.446 e. The molecule has 0 aromatic carbocycles. The van der Waals surface area contributed by atoms with Crippen molar-refractivity contribution in [2.75, 3.05) is 7.11 Å². The van der Waals surface area contributed by atoms with Gasteiger partial charge in [0, 0.05) is 13.5 Å². The molecule has 0 spiro atoms. The maximum Gasteiger partial charge on any atom is 0.194 e. The van der Waals surface area contributed by atoms with Crippen molar-refractivity contribution in [1.29, 1.82) is 0 Å². The summed E-state index contributed by atoms with van der Waals surface area (Å²) in [6, 6.07) is 0. The zero-order chi connectivity index (χ0) is 8.27. The highest BCUT2D eigenvalue weighted by atomic mass is 16.5. The van der Waals surface area contributed by atoms with E-state index in [1.807, 2.05) is 13.8 Å². The van der Waals surface area contributed by atoms with E-state index in [-0.39, 0.29) is 0 Å². The van der Waals surface area contributed by atoms with Crippen LogP contribution in [-0.2, 0) is 17.8 Å². The van der Waals surface area contributed by atoms with Crippen molar-refractivity contribution in [2.24, 2.45) is 0 Å². The third kappa shape index (κ3) is 1.80. The maximum atomic E-state index is 5.33. The second-order valence-electron chi connectivity index (χ2n) is 2.40. The number of rotatable bonds is 3. The van der Waals surface area contributed by atoms with Gasteiger partial charge >= 0.3 is 0 Å². The molecule has 0 saturated carbocycles. The van der Waals surface area contributed by atoms with Gasteiger partial charge in [-0.15, -0.1) is 0 Å². The van der Waals surface area contributed by atoms with Gasteiger partial charge in [0.1, 0.15) is 11.5 Å². The van der Waals surface area contributed by atoms with Crippen LogP contribution in [-0.4, -0.2) is 12.1 Å². The first-order valence-electron chi connectivity index (χ1n) is 3.72. The summed E-state index contributed by atoms with van der Waals surface area (Å²) in [5.41, 5.74) is 0.907. The lowest BCUT2D eigenvalue weighted by Crippen LogP contribution is -1.90. The van der Waals surface area contributed by atoms with Gasteiger partial charge in [-0.3, -0.25) is 0 Å². The van der Waals surface area contributed by atoms with Gasteiger partial charge in [0.15, 0.2) is 5.89 Å². The molecule has 11 heavy (non-hydrogen) atoms. The average molecular weight is 155 g/mol. The fraction of sp³-hybridized carbons (Fsp3) is 0.625. The van der Waals surface area contributed by atoms with Gasteiger partial charge in [0.25, 0.3) is 0 Å². The van der Waals surface area contributed by atoms with Crippen molar-refractivity contribution in [3.05, 3.63) is 17.3 Å². The molecule has 0 atom stereocenters. The molecule has 62 valence electrons. The number of hydrogen-bond donors (Lipinski definition) is 0. The standard InChI is InChI=1S/C8H13NO2/c1-4-8-9-7(5-10-3)6(2)11-8/h4-5H2,1-3H3. The fourth-order valence-corrected chi connectivity index (χ4v) is 0.910. The van der Waals surface area contributed by atoms with Crippen LogP contribution in [0.1, 0.15) is 24.3 Å². The molecule has 0 amide bonds. The number of oxazole rings is 1. The Hall–Kier alpha value is -0.830. The fourth-order valence-electron chi connectivity index (χ4n) is 0.910. The quantitative estimate of drug-likeness (QED) is 0.666. The number of nitrogens with zero attached hydrogens (tertiary/aromatic N) is 1. The normalized spacial score (nSPS) is 10.5. The first kappa shape index (κ1) is 8.27. The van der Waals surface area contributed by atoms with Gasteiger partial charge in [-0.2, -0.15) is 0 Å². The summed E-state index contributed by atoms with van der Waals surface area (Å²) in [4.78, 5) is 4.23. The van der Waals surface area contributed by atoms with Crippen molar-refractivity contribution in [2.45, 2.75) is 26.9 Å². The van der Waals surface area contributed by atoms with Crippen molar-refractivity contribution in [1.82, 2.24) is 4.98 Å². The number of hydrogen-bond acceptors (Lipinski definition) is 3. The van der Waals surface area contributed by atoms with E-state index < -0.39 is 0 Å². The molecule has 0 bridgehead atoms. The summed E-state index contributed by atoms with van der Waals surface area (Å²) in [6.07, 6.45) is 0.838. The van der Waals surface area contributed by atoms with Crippen molar-refractivity contribution in [3.63, 3.8) is 0 Å². The summed E-state index contributed by atoms with van der Waals surface area (Å²) < 4.78 is 10.3. The second kappa shape index (κ2) is 3.53. The molecule has 0 radical (unpaired) electrons. The van der Waals surface area contributed by atoms with E-state index in [1.165, 1.54) is 0 Å². The monoisotopic (exact) mass is 155 g/mol. The number of aromatic nitrogens is 1. The molecule has 1 heterocycles. The van der Waals surface area contributed by atoms with E-state index >= 15 is 0 Å².